The van der Waals surface area contributed by atoms with Gasteiger partial charge in [0.2, 0.25) is 5.88 Å². The molecule has 0 fully saturated rings. The van der Waals surface area contributed by atoms with E-state index in [1.165, 1.54) is 7.11 Å². The molecular formula is C39H44N10O6. The Morgan fingerprint density at radius 2 is 1.82 bits per heavy atom. The molecule has 0 radical (unpaired) electrons. The predicted octanol–water partition coefficient (Wildman–Crippen LogP) is 3.97. The molecule has 16 heteroatoms. The average molecular weight is 749 g/mol. The number of ether oxygens (including phenoxy) is 4. The maximum atomic E-state index is 13.7. The van der Waals surface area contributed by atoms with E-state index in [1.54, 1.807) is 69.3 Å². The first-order valence-corrected chi connectivity index (χ1v) is 17.2. The number of carbonyl (C=O) groups is 1. The molecule has 5 rings (SSSR count). The lowest BCUT2D eigenvalue weighted by molar-refractivity contribution is 0.0946. The molecule has 0 spiro atoms. The fourth-order valence-electron chi connectivity index (χ4n) is 5.57. The van der Waals surface area contributed by atoms with E-state index in [0.29, 0.717) is 34.3 Å². The maximum absolute atomic E-state index is 13.7. The van der Waals surface area contributed by atoms with E-state index in [-0.39, 0.29) is 67.4 Å². The lowest BCUT2D eigenvalue weighted by Gasteiger charge is -2.18. The van der Waals surface area contributed by atoms with Crippen LogP contribution in [0.25, 0.3) is 11.5 Å². The van der Waals surface area contributed by atoms with Gasteiger partial charge < -0.3 is 45.8 Å². The number of methoxy groups -OCH3 is 3. The molecule has 0 aliphatic rings. The number of rotatable bonds is 18. The summed E-state index contributed by atoms with van der Waals surface area (Å²) in [5.41, 5.74) is 10.4. The van der Waals surface area contributed by atoms with Crippen molar-refractivity contribution in [1.29, 1.82) is 5.41 Å². The summed E-state index contributed by atoms with van der Waals surface area (Å²) in [7, 11) is 6.31. The zero-order valence-electron chi connectivity index (χ0n) is 31.3. The first-order chi connectivity index (χ1) is 26.7. The summed E-state index contributed by atoms with van der Waals surface area (Å²) in [5, 5.41) is 33.4. The van der Waals surface area contributed by atoms with Crippen molar-refractivity contribution in [2.75, 3.05) is 46.8 Å². The molecule has 55 heavy (non-hydrogen) atoms. The first kappa shape index (κ1) is 39.4. The van der Waals surface area contributed by atoms with Crippen LogP contribution < -0.4 is 30.6 Å². The Bertz CT molecular complexity index is 2160. The van der Waals surface area contributed by atoms with Gasteiger partial charge in [-0.05, 0) is 36.2 Å². The van der Waals surface area contributed by atoms with Gasteiger partial charge in [0.1, 0.15) is 35.2 Å². The van der Waals surface area contributed by atoms with Crippen molar-refractivity contribution in [2.45, 2.75) is 26.6 Å². The minimum absolute atomic E-state index is 0.00956. The third kappa shape index (κ3) is 9.41. The third-order valence-electron chi connectivity index (χ3n) is 8.33. The zero-order chi connectivity index (χ0) is 39.3. The summed E-state index contributed by atoms with van der Waals surface area (Å²) >= 11 is 0. The number of aliphatic imine (C=N–C) groups is 1. The summed E-state index contributed by atoms with van der Waals surface area (Å²) in [6.45, 7) is 1.89. The largest absolute Gasteiger partial charge is 0.497 e. The highest BCUT2D eigenvalue weighted by molar-refractivity contribution is 6.10. The molecule has 0 atom stereocenters. The number of hydrogen-bond donors (Lipinski definition) is 5. The fraction of sp³-hybridized carbons (Fsp3) is 0.256. The number of anilines is 1. The van der Waals surface area contributed by atoms with Gasteiger partial charge in [0.05, 0.1) is 46.7 Å². The highest BCUT2D eigenvalue weighted by atomic mass is 16.5. The fourth-order valence-corrected chi connectivity index (χ4v) is 5.57. The number of benzene rings is 2. The van der Waals surface area contributed by atoms with E-state index in [2.05, 4.69) is 30.8 Å². The molecular weight excluding hydrogens is 704 g/mol. The van der Waals surface area contributed by atoms with Gasteiger partial charge >= 0.3 is 0 Å². The quantitative estimate of drug-likeness (QED) is 0.0636. The molecule has 286 valence electrons. The van der Waals surface area contributed by atoms with Gasteiger partial charge in [-0.1, -0.05) is 36.4 Å². The number of carbonyl (C=O) groups excluding carboxylic acids is 1. The maximum Gasteiger partial charge on any atom is 0.270 e. The lowest BCUT2D eigenvalue weighted by Crippen LogP contribution is -2.25. The van der Waals surface area contributed by atoms with Gasteiger partial charge in [0.15, 0.2) is 17.4 Å². The molecule has 0 saturated heterocycles. The highest BCUT2D eigenvalue weighted by Crippen LogP contribution is 2.30. The van der Waals surface area contributed by atoms with Crippen LogP contribution in [0.5, 0.6) is 17.4 Å². The molecule has 0 saturated carbocycles. The predicted molar refractivity (Wildman–Crippen MR) is 208 cm³/mol. The van der Waals surface area contributed by atoms with Crippen LogP contribution in [0.4, 0.5) is 5.69 Å². The molecule has 5 aromatic rings. The van der Waals surface area contributed by atoms with E-state index < -0.39 is 5.91 Å². The normalized spacial score (nSPS) is 11.7. The number of pyridine rings is 2. The summed E-state index contributed by atoms with van der Waals surface area (Å²) < 4.78 is 24.1. The number of hydrogen-bond acceptors (Lipinski definition) is 14. The third-order valence-corrected chi connectivity index (χ3v) is 8.33. The number of allylic oxidation sites excluding steroid dienone is 2. The first-order valence-electron chi connectivity index (χ1n) is 17.2. The van der Waals surface area contributed by atoms with Crippen LogP contribution in [-0.4, -0.2) is 89.2 Å². The number of amides is 1. The second-order valence-electron chi connectivity index (χ2n) is 12.0. The topological polar surface area (TPSA) is 217 Å². The number of nitrogens with one attached hydrogen (secondary N) is 3. The monoisotopic (exact) mass is 748 g/mol. The minimum Gasteiger partial charge on any atom is -0.497 e. The van der Waals surface area contributed by atoms with E-state index >= 15 is 0 Å². The molecule has 16 nitrogen and oxygen atoms in total. The number of aliphatic hydroxyl groups is 1. The molecule has 0 bridgehead atoms. The SMILES string of the molecule is CNc1cc(C(=O)NCc2ccc(OC)cc2OC)nc(-c2nnc(C(=NCCO)/C(OCc3ccccc3)=C(/C)N)n2Cc2ccc(OC)nc2)c1C=N. The van der Waals surface area contributed by atoms with E-state index in [1.807, 2.05) is 36.4 Å². The van der Waals surface area contributed by atoms with Crippen LogP contribution in [0, 0.1) is 5.41 Å². The summed E-state index contributed by atoms with van der Waals surface area (Å²) in [5.74, 6) is 1.78. The lowest BCUT2D eigenvalue weighted by atomic mass is 10.1. The smallest absolute Gasteiger partial charge is 0.270 e. The second-order valence-corrected chi connectivity index (χ2v) is 12.0. The molecule has 0 aliphatic carbocycles. The summed E-state index contributed by atoms with van der Waals surface area (Å²) in [6, 6.07) is 20.0. The van der Waals surface area contributed by atoms with Crippen molar-refractivity contribution in [2.24, 2.45) is 10.7 Å². The van der Waals surface area contributed by atoms with Crippen LogP contribution in [-0.2, 0) is 24.4 Å². The minimum atomic E-state index is -0.485. The summed E-state index contributed by atoms with van der Waals surface area (Å²) in [6.07, 6.45) is 2.78. The van der Waals surface area contributed by atoms with Gasteiger partial charge in [-0.15, -0.1) is 10.2 Å². The van der Waals surface area contributed by atoms with E-state index in [9.17, 15) is 9.90 Å². The van der Waals surface area contributed by atoms with Crippen molar-refractivity contribution < 1.29 is 28.8 Å². The van der Waals surface area contributed by atoms with Gasteiger partial charge in [-0.3, -0.25) is 14.4 Å². The number of nitrogens with two attached hydrogens (primary N) is 1. The standard InChI is InChI=1S/C39H44N10O6/c1-24(41)36(55-23-25-9-7-6-8-10-25)35(43-15-16-50)38-48-47-37(49(38)22-26-11-14-33(54-5)44-20-26)34-29(19-40)30(42-2)18-31(46-34)39(51)45-21-27-12-13-28(52-3)17-32(27)53-4/h6-14,17-20,40,50H,15-16,21-23,41H2,1-5H3,(H,42,46)(H,45,51)/b36-24+,40-19?,43-35?. The average Bonchev–Trinajstić information content (AvgIpc) is 3.63. The van der Waals surface area contributed by atoms with Crippen molar-refractivity contribution in [3.8, 4) is 28.9 Å². The number of aromatic nitrogens is 5. The van der Waals surface area contributed by atoms with Crippen LogP contribution in [0.2, 0.25) is 0 Å². The number of nitrogens with zero attached hydrogens (tertiary/aromatic N) is 6. The number of aliphatic hydroxyl groups excluding tert-OH is 1. The molecule has 3 aromatic heterocycles. The Labute approximate surface area is 318 Å². The summed E-state index contributed by atoms with van der Waals surface area (Å²) in [4.78, 5) is 27.6. The van der Waals surface area contributed by atoms with Gasteiger partial charge in [-0.25, -0.2) is 9.97 Å². The van der Waals surface area contributed by atoms with E-state index in [0.717, 1.165) is 22.9 Å². The Morgan fingerprint density at radius 3 is 2.45 bits per heavy atom. The van der Waals surface area contributed by atoms with Crippen molar-refractivity contribution in [3.63, 3.8) is 0 Å². The van der Waals surface area contributed by atoms with Crippen LogP contribution in [0.1, 0.15) is 45.5 Å². The molecule has 1 amide bonds. The van der Waals surface area contributed by atoms with E-state index in [4.69, 9.17) is 35.1 Å². The van der Waals surface area contributed by atoms with Crippen molar-refractivity contribution in [3.05, 3.63) is 118 Å². The molecule has 0 aliphatic heterocycles. The van der Waals surface area contributed by atoms with Gasteiger partial charge in [0.25, 0.3) is 5.91 Å². The van der Waals surface area contributed by atoms with Gasteiger partial charge in [0, 0.05) is 55.0 Å². The van der Waals surface area contributed by atoms with Crippen molar-refractivity contribution >= 4 is 23.5 Å². The highest BCUT2D eigenvalue weighted by Gasteiger charge is 2.27. The Morgan fingerprint density at radius 1 is 1.02 bits per heavy atom. The molecule has 3 heterocycles. The Kier molecular flexibility index (Phi) is 13.5. The van der Waals surface area contributed by atoms with Crippen LogP contribution in [0.15, 0.2) is 89.4 Å². The second kappa shape index (κ2) is 18.8. The molecule has 0 unspecified atom stereocenters. The van der Waals surface area contributed by atoms with Crippen LogP contribution in [0.3, 0.4) is 0 Å². The molecule has 2 aromatic carbocycles. The van der Waals surface area contributed by atoms with Crippen LogP contribution >= 0.6 is 0 Å². The molecule has 6 N–H and O–H groups in total. The Balaban J connectivity index is 1.63. The van der Waals surface area contributed by atoms with Crippen molar-refractivity contribution in [1.82, 2.24) is 30.0 Å². The Hall–Kier alpha value is -6.81. The van der Waals surface area contributed by atoms with Gasteiger partial charge in [-0.2, -0.15) is 0 Å². The zero-order valence-corrected chi connectivity index (χ0v) is 31.3.